The largest absolute Gasteiger partial charge is 0.465 e. The zero-order chi connectivity index (χ0) is 15.0. The predicted molar refractivity (Wildman–Crippen MR) is 64.8 cm³/mol. The average molecular weight is 280 g/mol. The lowest BCUT2D eigenvalue weighted by Crippen LogP contribution is -2.58. The Morgan fingerprint density at radius 3 is 2.26 bits per heavy atom. The Balaban J connectivity index is 2.99. The van der Waals surface area contributed by atoms with E-state index < -0.39 is 35.5 Å². The molecule has 0 aromatic carbocycles. The van der Waals surface area contributed by atoms with Crippen LogP contribution in [0, 0.1) is 0 Å². The zero-order valence-corrected chi connectivity index (χ0v) is 11.2. The van der Waals surface area contributed by atoms with Gasteiger partial charge in [0.15, 0.2) is 0 Å². The number of halogens is 3. The van der Waals surface area contributed by atoms with Crippen LogP contribution in [0.25, 0.3) is 0 Å². The molecule has 0 unspecified atom stereocenters. The molecular weight excluding hydrogens is 261 g/mol. The predicted octanol–water partition coefficient (Wildman–Crippen LogP) is 2.74. The van der Waals surface area contributed by atoms with Crippen LogP contribution < -0.4 is 5.73 Å². The van der Waals surface area contributed by atoms with E-state index in [1.165, 1.54) is 0 Å². The number of hydrogen-bond acceptors (Lipinski definition) is 2. The molecule has 19 heavy (non-hydrogen) atoms. The summed E-state index contributed by atoms with van der Waals surface area (Å²) in [6, 6.07) is -1.49. The average Bonchev–Trinajstić information content (AvgIpc) is 2.16. The van der Waals surface area contributed by atoms with Gasteiger partial charge in [-0.15, -0.1) is 0 Å². The van der Waals surface area contributed by atoms with Gasteiger partial charge < -0.3 is 10.8 Å². The van der Waals surface area contributed by atoms with E-state index in [9.17, 15) is 23.1 Å². The number of rotatable bonds is 1. The summed E-state index contributed by atoms with van der Waals surface area (Å²) in [7, 11) is 0. The van der Waals surface area contributed by atoms with E-state index in [1.807, 2.05) is 0 Å². The van der Waals surface area contributed by atoms with Crippen LogP contribution in [-0.2, 0) is 0 Å². The fourth-order valence-corrected chi connectivity index (χ4v) is 2.37. The number of amides is 1. The quantitative estimate of drug-likeness (QED) is 0.726. The number of nitrogens with two attached hydrogens (primary N) is 1. The zero-order valence-electron chi connectivity index (χ0n) is 11.2. The van der Waals surface area contributed by atoms with Crippen molar-refractivity contribution in [2.45, 2.75) is 57.4 Å². The molecule has 0 bridgehead atoms. The Bertz CT molecular complexity index is 385. The van der Waals surface area contributed by atoms with Crippen molar-refractivity contribution in [3.8, 4) is 0 Å². The first-order valence-corrected chi connectivity index (χ1v) is 5.98. The van der Waals surface area contributed by atoms with Gasteiger partial charge in [-0.25, -0.2) is 4.79 Å². The third-order valence-corrected chi connectivity index (χ3v) is 3.18. The van der Waals surface area contributed by atoms with Crippen LogP contribution in [0.2, 0.25) is 0 Å². The lowest BCUT2D eigenvalue weighted by molar-refractivity contribution is -0.0967. The van der Waals surface area contributed by atoms with E-state index in [4.69, 9.17) is 5.73 Å². The van der Waals surface area contributed by atoms with Gasteiger partial charge in [-0.3, -0.25) is 4.90 Å². The second kappa shape index (κ2) is 5.03. The molecule has 0 heterocycles. The Morgan fingerprint density at radius 2 is 1.95 bits per heavy atom. The summed E-state index contributed by atoms with van der Waals surface area (Å²) in [6.45, 7) is 5.07. The Labute approximate surface area is 110 Å². The summed E-state index contributed by atoms with van der Waals surface area (Å²) in [5, 5.41) is 9.23. The second-order valence-electron chi connectivity index (χ2n) is 5.72. The molecule has 3 N–H and O–H groups in total. The molecule has 1 amide bonds. The van der Waals surface area contributed by atoms with Crippen LogP contribution >= 0.6 is 0 Å². The van der Waals surface area contributed by atoms with Crippen molar-refractivity contribution < 1.29 is 23.1 Å². The minimum atomic E-state index is -4.39. The summed E-state index contributed by atoms with van der Waals surface area (Å²) < 4.78 is 37.7. The fraction of sp³-hybridized carbons (Fsp3) is 0.750. The molecule has 0 spiro atoms. The number of alkyl halides is 3. The minimum absolute atomic E-state index is 0.0143. The third kappa shape index (κ3) is 3.62. The van der Waals surface area contributed by atoms with Crippen LogP contribution in [0.5, 0.6) is 0 Å². The normalized spacial score (nSPS) is 24.9. The van der Waals surface area contributed by atoms with Crippen molar-refractivity contribution in [3.63, 3.8) is 0 Å². The third-order valence-electron chi connectivity index (χ3n) is 3.18. The first-order chi connectivity index (χ1) is 8.44. The number of nitrogens with zero attached hydrogens (tertiary/aromatic N) is 1. The van der Waals surface area contributed by atoms with Crippen molar-refractivity contribution >= 4 is 6.09 Å². The van der Waals surface area contributed by atoms with Crippen molar-refractivity contribution in [2.75, 3.05) is 0 Å². The second-order valence-corrected chi connectivity index (χ2v) is 5.72. The van der Waals surface area contributed by atoms with Gasteiger partial charge in [0.2, 0.25) is 0 Å². The van der Waals surface area contributed by atoms with Gasteiger partial charge in [-0.05, 0) is 33.6 Å². The minimum Gasteiger partial charge on any atom is -0.465 e. The Hall–Kier alpha value is -1.24. The van der Waals surface area contributed by atoms with E-state index in [2.05, 4.69) is 0 Å². The highest BCUT2D eigenvalue weighted by Crippen LogP contribution is 2.35. The molecule has 4 nitrogen and oxygen atoms in total. The van der Waals surface area contributed by atoms with Crippen molar-refractivity contribution in [1.29, 1.82) is 0 Å². The molecular formula is C12H19F3N2O2. The lowest BCUT2D eigenvalue weighted by atomic mass is 9.87. The SMILES string of the molecule is CC(C)(C)N(C(=O)O)[C@@H]1CC=C(C(F)(F)F)C[C@H]1N. The molecule has 0 radical (unpaired) electrons. The highest BCUT2D eigenvalue weighted by atomic mass is 19.4. The van der Waals surface area contributed by atoms with E-state index in [1.54, 1.807) is 20.8 Å². The van der Waals surface area contributed by atoms with E-state index in [0.29, 0.717) is 0 Å². The number of carbonyl (C=O) groups is 1. The first-order valence-electron chi connectivity index (χ1n) is 5.98. The smallest absolute Gasteiger partial charge is 0.412 e. The monoisotopic (exact) mass is 280 g/mol. The molecule has 1 aliphatic carbocycles. The van der Waals surface area contributed by atoms with E-state index in [0.717, 1.165) is 11.0 Å². The van der Waals surface area contributed by atoms with Crippen molar-refractivity contribution in [1.82, 2.24) is 4.90 Å². The summed E-state index contributed by atoms with van der Waals surface area (Å²) in [4.78, 5) is 12.4. The van der Waals surface area contributed by atoms with Crippen LogP contribution in [0.3, 0.4) is 0 Å². The van der Waals surface area contributed by atoms with Crippen LogP contribution in [0.4, 0.5) is 18.0 Å². The van der Waals surface area contributed by atoms with Crippen LogP contribution in [0.15, 0.2) is 11.6 Å². The van der Waals surface area contributed by atoms with Gasteiger partial charge in [-0.2, -0.15) is 13.2 Å². The van der Waals surface area contributed by atoms with E-state index in [-0.39, 0.29) is 12.8 Å². The summed E-state index contributed by atoms with van der Waals surface area (Å²) in [5.74, 6) is 0. The number of carboxylic acid groups (broad SMARTS) is 1. The van der Waals surface area contributed by atoms with Gasteiger partial charge in [-0.1, -0.05) is 6.08 Å². The topological polar surface area (TPSA) is 66.6 Å². The first kappa shape index (κ1) is 15.8. The summed E-state index contributed by atoms with van der Waals surface area (Å²) >= 11 is 0. The Kier molecular flexibility index (Phi) is 4.19. The molecule has 110 valence electrons. The van der Waals surface area contributed by atoms with Crippen LogP contribution in [-0.4, -0.2) is 39.9 Å². The lowest BCUT2D eigenvalue weighted by Gasteiger charge is -2.43. The molecule has 1 rings (SSSR count). The van der Waals surface area contributed by atoms with Gasteiger partial charge in [0, 0.05) is 17.2 Å². The maximum absolute atomic E-state index is 12.6. The van der Waals surface area contributed by atoms with Crippen molar-refractivity contribution in [3.05, 3.63) is 11.6 Å². The molecule has 0 aromatic rings. The molecule has 1 aliphatic rings. The number of hydrogen-bond donors (Lipinski definition) is 2. The molecule has 7 heteroatoms. The van der Waals surface area contributed by atoms with Gasteiger partial charge in [0.05, 0.1) is 6.04 Å². The molecule has 0 aromatic heterocycles. The van der Waals surface area contributed by atoms with Gasteiger partial charge in [0.1, 0.15) is 0 Å². The highest BCUT2D eigenvalue weighted by molar-refractivity contribution is 5.66. The molecule has 0 saturated carbocycles. The summed E-state index contributed by atoms with van der Waals surface area (Å²) in [5.41, 5.74) is 4.37. The highest BCUT2D eigenvalue weighted by Gasteiger charge is 2.42. The maximum atomic E-state index is 12.6. The van der Waals surface area contributed by atoms with Gasteiger partial charge >= 0.3 is 12.3 Å². The summed E-state index contributed by atoms with van der Waals surface area (Å²) in [6.07, 6.45) is -4.88. The fourth-order valence-electron chi connectivity index (χ4n) is 2.37. The molecule has 0 saturated heterocycles. The van der Waals surface area contributed by atoms with Crippen LogP contribution in [0.1, 0.15) is 33.6 Å². The molecule has 2 atom stereocenters. The molecule has 0 fully saturated rings. The van der Waals surface area contributed by atoms with E-state index >= 15 is 0 Å². The van der Waals surface area contributed by atoms with Crippen molar-refractivity contribution in [2.24, 2.45) is 5.73 Å². The standard InChI is InChI=1S/C12H19F3N2O2/c1-11(2,3)17(10(18)19)9-5-4-7(6-8(9)16)12(13,14)15/h4,8-9H,5-6,16H2,1-3H3,(H,18,19)/t8-,9-/m1/s1. The Morgan fingerprint density at radius 1 is 1.42 bits per heavy atom. The van der Waals surface area contributed by atoms with Gasteiger partial charge in [0.25, 0.3) is 0 Å². The molecule has 0 aliphatic heterocycles. The maximum Gasteiger partial charge on any atom is 0.412 e.